The topological polar surface area (TPSA) is 112 Å². The maximum absolute atomic E-state index is 12.5. The molecule has 0 unspecified atom stereocenters. The molecule has 8 nitrogen and oxygen atoms in total. The molecule has 3 rings (SSSR count). The Balaban J connectivity index is 1.60. The molecule has 2 aromatic rings. The third kappa shape index (κ3) is 4.64. The molecule has 2 amide bonds. The zero-order valence-corrected chi connectivity index (χ0v) is 16.3. The van der Waals surface area contributed by atoms with Crippen LogP contribution in [0.3, 0.4) is 0 Å². The predicted molar refractivity (Wildman–Crippen MR) is 103 cm³/mol. The summed E-state index contributed by atoms with van der Waals surface area (Å²) in [6.45, 7) is 3.83. The van der Waals surface area contributed by atoms with Crippen LogP contribution >= 0.6 is 23.1 Å². The number of aromatic nitrogens is 2. The van der Waals surface area contributed by atoms with Gasteiger partial charge in [0.15, 0.2) is 4.34 Å². The lowest BCUT2D eigenvalue weighted by Crippen LogP contribution is -2.28. The minimum atomic E-state index is -0.943. The van der Waals surface area contributed by atoms with Crippen molar-refractivity contribution in [3.8, 4) is 0 Å². The van der Waals surface area contributed by atoms with Gasteiger partial charge in [0.05, 0.1) is 5.92 Å². The van der Waals surface area contributed by atoms with Crippen molar-refractivity contribution in [3.63, 3.8) is 0 Å². The maximum atomic E-state index is 12.5. The van der Waals surface area contributed by atoms with E-state index in [4.69, 9.17) is 5.11 Å². The van der Waals surface area contributed by atoms with Crippen molar-refractivity contribution in [2.75, 3.05) is 16.8 Å². The van der Waals surface area contributed by atoms with Gasteiger partial charge < -0.3 is 15.3 Å². The number of anilines is 2. The van der Waals surface area contributed by atoms with Gasteiger partial charge in [0.2, 0.25) is 16.9 Å². The van der Waals surface area contributed by atoms with Crippen LogP contribution in [0.15, 0.2) is 28.6 Å². The third-order valence-electron chi connectivity index (χ3n) is 4.10. The summed E-state index contributed by atoms with van der Waals surface area (Å²) in [7, 11) is 0. The highest BCUT2D eigenvalue weighted by Crippen LogP contribution is 2.30. The van der Waals surface area contributed by atoms with E-state index in [1.54, 1.807) is 11.8 Å². The van der Waals surface area contributed by atoms with E-state index in [0.717, 1.165) is 34.3 Å². The minimum absolute atomic E-state index is 0.0946. The summed E-state index contributed by atoms with van der Waals surface area (Å²) >= 11 is 2.17. The second kappa shape index (κ2) is 8.05. The van der Waals surface area contributed by atoms with Gasteiger partial charge in [0, 0.05) is 18.7 Å². The first kappa shape index (κ1) is 19.3. The molecule has 10 heteroatoms. The van der Waals surface area contributed by atoms with E-state index >= 15 is 0 Å². The van der Waals surface area contributed by atoms with E-state index in [0.29, 0.717) is 16.0 Å². The number of carbonyl (C=O) groups is 3. The van der Waals surface area contributed by atoms with Gasteiger partial charge in [-0.25, -0.2) is 0 Å². The lowest BCUT2D eigenvalue weighted by atomic mass is 10.1. The van der Waals surface area contributed by atoms with E-state index in [1.807, 2.05) is 31.2 Å². The zero-order valence-electron chi connectivity index (χ0n) is 14.7. The number of carbonyl (C=O) groups excluding carboxylic acids is 2. The number of aryl methyl sites for hydroxylation is 1. The summed E-state index contributed by atoms with van der Waals surface area (Å²) in [4.78, 5) is 37.3. The smallest absolute Gasteiger partial charge is 0.316 e. The number of thioether (sulfide) groups is 1. The molecule has 1 aromatic heterocycles. The highest BCUT2D eigenvalue weighted by Gasteiger charge is 2.35. The fraction of sp³-hybridized carbons (Fsp3) is 0.353. The van der Waals surface area contributed by atoms with Gasteiger partial charge in [-0.1, -0.05) is 40.8 Å². The summed E-state index contributed by atoms with van der Waals surface area (Å²) in [5.41, 5.74) is 1.88. The lowest BCUT2D eigenvalue weighted by Gasteiger charge is -2.16. The standard InChI is InChI=1S/C17H18N4O4S2/c1-9-3-5-12(6-4-9)21-8-11(7-13(21)22)14(23)18-16-19-20-17(27-16)26-10(2)15(24)25/h3-6,10-11H,7-8H2,1-2H3,(H,24,25)(H,18,19,23)/t10-,11-/m0/s1. The Hall–Kier alpha value is -2.46. The monoisotopic (exact) mass is 406 g/mol. The maximum Gasteiger partial charge on any atom is 0.316 e. The van der Waals surface area contributed by atoms with Crippen LogP contribution in [-0.2, 0) is 14.4 Å². The van der Waals surface area contributed by atoms with Crippen LogP contribution in [0.1, 0.15) is 18.9 Å². The number of hydrogen-bond donors (Lipinski definition) is 2. The minimum Gasteiger partial charge on any atom is -0.480 e. The van der Waals surface area contributed by atoms with Crippen molar-refractivity contribution in [1.29, 1.82) is 0 Å². The van der Waals surface area contributed by atoms with E-state index in [1.165, 1.54) is 0 Å². The number of nitrogens with zero attached hydrogens (tertiary/aromatic N) is 3. The molecule has 0 spiro atoms. The van der Waals surface area contributed by atoms with E-state index in [9.17, 15) is 14.4 Å². The van der Waals surface area contributed by atoms with Gasteiger partial charge in [-0.3, -0.25) is 14.4 Å². The van der Waals surface area contributed by atoms with Crippen LogP contribution in [0.25, 0.3) is 0 Å². The summed E-state index contributed by atoms with van der Waals surface area (Å²) < 4.78 is 0.462. The van der Waals surface area contributed by atoms with Gasteiger partial charge in [-0.05, 0) is 26.0 Å². The van der Waals surface area contributed by atoms with Crippen molar-refractivity contribution in [1.82, 2.24) is 10.2 Å². The lowest BCUT2D eigenvalue weighted by molar-refractivity contribution is -0.136. The van der Waals surface area contributed by atoms with Crippen molar-refractivity contribution in [3.05, 3.63) is 29.8 Å². The first-order valence-corrected chi connectivity index (χ1v) is 9.94. The number of aliphatic carboxylic acids is 1. The number of carboxylic acids is 1. The van der Waals surface area contributed by atoms with Crippen LogP contribution in [-0.4, -0.2) is 44.9 Å². The molecule has 27 heavy (non-hydrogen) atoms. The summed E-state index contributed by atoms with van der Waals surface area (Å²) in [6, 6.07) is 7.58. The Bertz CT molecular complexity index is 868. The highest BCUT2D eigenvalue weighted by molar-refractivity contribution is 8.02. The molecule has 1 aliphatic heterocycles. The van der Waals surface area contributed by atoms with Crippen LogP contribution in [0.5, 0.6) is 0 Å². The Kier molecular flexibility index (Phi) is 5.76. The number of benzene rings is 1. The van der Waals surface area contributed by atoms with Crippen LogP contribution < -0.4 is 10.2 Å². The first-order chi connectivity index (χ1) is 12.8. The molecular weight excluding hydrogens is 388 g/mol. The van der Waals surface area contributed by atoms with E-state index in [-0.39, 0.29) is 18.2 Å². The number of amides is 2. The van der Waals surface area contributed by atoms with Crippen molar-refractivity contribution in [2.24, 2.45) is 5.92 Å². The molecule has 1 aromatic carbocycles. The van der Waals surface area contributed by atoms with Crippen molar-refractivity contribution in [2.45, 2.75) is 29.9 Å². The van der Waals surface area contributed by atoms with Gasteiger partial charge in [0.25, 0.3) is 0 Å². The normalized spacial score (nSPS) is 17.8. The average Bonchev–Trinajstić information content (AvgIpc) is 3.22. The molecule has 0 radical (unpaired) electrons. The SMILES string of the molecule is Cc1ccc(N2C[C@@H](C(=O)Nc3nnc(S[C@@H](C)C(=O)O)s3)CC2=O)cc1. The number of hydrogen-bond acceptors (Lipinski definition) is 7. The van der Waals surface area contributed by atoms with Gasteiger partial charge >= 0.3 is 5.97 Å². The zero-order chi connectivity index (χ0) is 19.6. The Morgan fingerprint density at radius 3 is 2.70 bits per heavy atom. The number of nitrogens with one attached hydrogen (secondary N) is 1. The molecule has 0 bridgehead atoms. The molecular formula is C17H18N4O4S2. The van der Waals surface area contributed by atoms with Crippen molar-refractivity contribution < 1.29 is 19.5 Å². The fourth-order valence-electron chi connectivity index (χ4n) is 2.57. The quantitative estimate of drug-likeness (QED) is 0.559. The summed E-state index contributed by atoms with van der Waals surface area (Å²) in [5.74, 6) is -1.81. The summed E-state index contributed by atoms with van der Waals surface area (Å²) in [5, 5.41) is 19.0. The van der Waals surface area contributed by atoms with Crippen molar-refractivity contribution >= 4 is 51.7 Å². The molecule has 2 heterocycles. The number of rotatable bonds is 6. The predicted octanol–water partition coefficient (Wildman–Crippen LogP) is 2.40. The molecule has 2 atom stereocenters. The van der Waals surface area contributed by atoms with Crippen LogP contribution in [0.2, 0.25) is 0 Å². The molecule has 0 saturated carbocycles. The fourth-order valence-corrected chi connectivity index (χ4v) is 4.41. The molecule has 0 aliphatic carbocycles. The molecule has 1 saturated heterocycles. The van der Waals surface area contributed by atoms with E-state index < -0.39 is 17.1 Å². The summed E-state index contributed by atoms with van der Waals surface area (Å²) in [6.07, 6.45) is 0.135. The first-order valence-electron chi connectivity index (χ1n) is 8.24. The second-order valence-corrected chi connectivity index (χ2v) is 8.77. The molecule has 142 valence electrons. The van der Waals surface area contributed by atoms with Crippen LogP contribution in [0.4, 0.5) is 10.8 Å². The average molecular weight is 406 g/mol. The second-order valence-electron chi connectivity index (χ2n) is 6.20. The number of carboxylic acid groups (broad SMARTS) is 1. The molecule has 1 fully saturated rings. The third-order valence-corrected chi connectivity index (χ3v) is 6.11. The van der Waals surface area contributed by atoms with Crippen LogP contribution in [0, 0.1) is 12.8 Å². The molecule has 1 aliphatic rings. The van der Waals surface area contributed by atoms with Gasteiger partial charge in [-0.15, -0.1) is 10.2 Å². The van der Waals surface area contributed by atoms with Gasteiger partial charge in [-0.2, -0.15) is 0 Å². The van der Waals surface area contributed by atoms with Gasteiger partial charge in [0.1, 0.15) is 5.25 Å². The highest BCUT2D eigenvalue weighted by atomic mass is 32.2. The van der Waals surface area contributed by atoms with E-state index in [2.05, 4.69) is 15.5 Å². The Morgan fingerprint density at radius 1 is 1.33 bits per heavy atom. The molecule has 2 N–H and O–H groups in total. The Labute approximate surface area is 164 Å². The Morgan fingerprint density at radius 2 is 2.04 bits per heavy atom. The largest absolute Gasteiger partial charge is 0.480 e.